The first-order chi connectivity index (χ1) is 10.8. The monoisotopic (exact) mass is 294 g/mol. The topological polar surface area (TPSA) is 63.0 Å². The quantitative estimate of drug-likeness (QED) is 0.759. The third-order valence-electron chi connectivity index (χ3n) is 3.60. The van der Waals surface area contributed by atoms with Crippen molar-refractivity contribution in [2.45, 2.75) is 20.1 Å². The van der Waals surface area contributed by atoms with Gasteiger partial charge in [-0.3, -0.25) is 0 Å². The number of hydrogen-bond donors (Lipinski definition) is 2. The van der Waals surface area contributed by atoms with Crippen molar-refractivity contribution in [3.8, 4) is 5.69 Å². The van der Waals surface area contributed by atoms with Crippen LogP contribution in [-0.2, 0) is 13.2 Å². The number of aliphatic hydroxyl groups is 1. The van der Waals surface area contributed by atoms with Crippen LogP contribution in [0.1, 0.15) is 16.7 Å². The molecule has 0 aliphatic carbocycles. The average molecular weight is 294 g/mol. The zero-order valence-corrected chi connectivity index (χ0v) is 12.4. The van der Waals surface area contributed by atoms with E-state index in [1.807, 2.05) is 30.3 Å². The minimum atomic E-state index is 0.0352. The fraction of sp³-hybridized carbons (Fsp3) is 0.176. The largest absolute Gasteiger partial charge is 0.392 e. The number of nitrogens with zero attached hydrogens (tertiary/aromatic N) is 3. The summed E-state index contributed by atoms with van der Waals surface area (Å²) in [4.78, 5) is 3.97. The molecule has 3 aromatic rings. The van der Waals surface area contributed by atoms with Crippen molar-refractivity contribution in [2.24, 2.45) is 0 Å². The van der Waals surface area contributed by atoms with E-state index in [2.05, 4.69) is 34.5 Å². The average Bonchev–Trinajstić information content (AvgIpc) is 3.07. The Bertz CT molecular complexity index is 753. The number of para-hydroxylation sites is 1. The standard InChI is InChI=1S/C17H18N4O/c1-13-8-14(6-7-17(13)21-12-18-11-20-21)9-19-16-5-3-2-4-15(16)10-22/h2-8,11-12,19,22H,9-10H2,1H3. The molecule has 1 aromatic heterocycles. The Morgan fingerprint density at radius 3 is 2.77 bits per heavy atom. The van der Waals surface area contributed by atoms with E-state index < -0.39 is 0 Å². The van der Waals surface area contributed by atoms with Gasteiger partial charge >= 0.3 is 0 Å². The molecule has 1 heterocycles. The summed E-state index contributed by atoms with van der Waals surface area (Å²) in [6, 6.07) is 14.0. The molecular formula is C17H18N4O. The summed E-state index contributed by atoms with van der Waals surface area (Å²) in [6.45, 7) is 2.80. The van der Waals surface area contributed by atoms with E-state index in [1.54, 1.807) is 11.0 Å². The molecule has 0 aliphatic heterocycles. The summed E-state index contributed by atoms with van der Waals surface area (Å²) in [5, 5.41) is 16.9. The summed E-state index contributed by atoms with van der Waals surface area (Å²) in [5.74, 6) is 0. The molecule has 0 bridgehead atoms. The Morgan fingerprint density at radius 2 is 2.05 bits per heavy atom. The van der Waals surface area contributed by atoms with Crippen molar-refractivity contribution in [3.63, 3.8) is 0 Å². The zero-order valence-electron chi connectivity index (χ0n) is 12.4. The summed E-state index contributed by atoms with van der Waals surface area (Å²) in [7, 11) is 0. The van der Waals surface area contributed by atoms with E-state index in [9.17, 15) is 5.11 Å². The number of aliphatic hydroxyl groups excluding tert-OH is 1. The van der Waals surface area contributed by atoms with Gasteiger partial charge in [0.25, 0.3) is 0 Å². The first-order valence-corrected chi connectivity index (χ1v) is 7.15. The van der Waals surface area contributed by atoms with Gasteiger partial charge in [-0.2, -0.15) is 5.10 Å². The van der Waals surface area contributed by atoms with Gasteiger partial charge in [0.2, 0.25) is 0 Å². The van der Waals surface area contributed by atoms with Crippen LogP contribution < -0.4 is 5.32 Å². The maximum absolute atomic E-state index is 9.35. The molecule has 0 aliphatic rings. The number of hydrogen-bond acceptors (Lipinski definition) is 4. The molecule has 0 amide bonds. The number of nitrogens with one attached hydrogen (secondary N) is 1. The second kappa shape index (κ2) is 6.41. The van der Waals surface area contributed by atoms with Crippen molar-refractivity contribution in [3.05, 3.63) is 71.8 Å². The lowest BCUT2D eigenvalue weighted by atomic mass is 10.1. The van der Waals surface area contributed by atoms with Crippen molar-refractivity contribution in [1.82, 2.24) is 14.8 Å². The minimum Gasteiger partial charge on any atom is -0.392 e. The molecule has 0 spiro atoms. The van der Waals surface area contributed by atoms with Gasteiger partial charge in [0.15, 0.2) is 0 Å². The number of aryl methyl sites for hydroxylation is 1. The Balaban J connectivity index is 1.75. The van der Waals surface area contributed by atoms with Crippen LogP contribution >= 0.6 is 0 Å². The summed E-state index contributed by atoms with van der Waals surface area (Å²) in [5.41, 5.74) is 5.20. The molecule has 2 N–H and O–H groups in total. The molecule has 22 heavy (non-hydrogen) atoms. The normalized spacial score (nSPS) is 10.6. The molecule has 2 aromatic carbocycles. The van der Waals surface area contributed by atoms with Crippen molar-refractivity contribution in [2.75, 3.05) is 5.32 Å². The van der Waals surface area contributed by atoms with Gasteiger partial charge in [0.1, 0.15) is 12.7 Å². The third kappa shape index (κ3) is 2.99. The molecule has 112 valence electrons. The molecule has 0 radical (unpaired) electrons. The lowest BCUT2D eigenvalue weighted by Gasteiger charge is -2.12. The van der Waals surface area contributed by atoms with Crippen LogP contribution in [0.15, 0.2) is 55.1 Å². The van der Waals surface area contributed by atoms with Crippen LogP contribution in [0.4, 0.5) is 5.69 Å². The molecule has 0 saturated heterocycles. The smallest absolute Gasteiger partial charge is 0.138 e. The molecule has 5 heteroatoms. The minimum absolute atomic E-state index is 0.0352. The van der Waals surface area contributed by atoms with Crippen molar-refractivity contribution < 1.29 is 5.11 Å². The van der Waals surface area contributed by atoms with Crippen LogP contribution in [0.3, 0.4) is 0 Å². The zero-order chi connectivity index (χ0) is 15.4. The van der Waals surface area contributed by atoms with Crippen LogP contribution in [-0.4, -0.2) is 19.9 Å². The first-order valence-electron chi connectivity index (χ1n) is 7.15. The van der Waals surface area contributed by atoms with E-state index in [-0.39, 0.29) is 6.61 Å². The van der Waals surface area contributed by atoms with E-state index in [0.29, 0.717) is 6.54 Å². The van der Waals surface area contributed by atoms with E-state index in [0.717, 1.165) is 22.5 Å². The lowest BCUT2D eigenvalue weighted by molar-refractivity contribution is 0.282. The van der Waals surface area contributed by atoms with Crippen LogP contribution in [0, 0.1) is 6.92 Å². The van der Waals surface area contributed by atoms with E-state index in [4.69, 9.17) is 0 Å². The highest BCUT2D eigenvalue weighted by Crippen LogP contribution is 2.18. The fourth-order valence-corrected chi connectivity index (χ4v) is 2.45. The molecule has 0 unspecified atom stereocenters. The number of rotatable bonds is 5. The van der Waals surface area contributed by atoms with Gasteiger partial charge in [-0.25, -0.2) is 9.67 Å². The van der Waals surface area contributed by atoms with Gasteiger partial charge in [0, 0.05) is 17.8 Å². The summed E-state index contributed by atoms with van der Waals surface area (Å²) in [6.07, 6.45) is 3.22. The lowest BCUT2D eigenvalue weighted by Crippen LogP contribution is -2.04. The SMILES string of the molecule is Cc1cc(CNc2ccccc2CO)ccc1-n1cncn1. The Labute approximate surface area is 129 Å². The van der Waals surface area contributed by atoms with E-state index >= 15 is 0 Å². The molecular weight excluding hydrogens is 276 g/mol. The molecule has 0 atom stereocenters. The molecule has 3 rings (SSSR count). The van der Waals surface area contributed by atoms with Gasteiger partial charge in [0.05, 0.1) is 12.3 Å². The van der Waals surface area contributed by atoms with Gasteiger partial charge in [-0.05, 0) is 30.2 Å². The van der Waals surface area contributed by atoms with Crippen molar-refractivity contribution >= 4 is 5.69 Å². The van der Waals surface area contributed by atoms with Crippen LogP contribution in [0.25, 0.3) is 5.69 Å². The Kier molecular flexibility index (Phi) is 4.16. The molecule has 0 saturated carbocycles. The van der Waals surface area contributed by atoms with Crippen LogP contribution in [0.5, 0.6) is 0 Å². The maximum atomic E-state index is 9.35. The number of benzene rings is 2. The molecule has 0 fully saturated rings. The second-order valence-corrected chi connectivity index (χ2v) is 5.13. The third-order valence-corrected chi connectivity index (χ3v) is 3.60. The second-order valence-electron chi connectivity index (χ2n) is 5.13. The highest BCUT2D eigenvalue weighted by Gasteiger charge is 2.04. The predicted octanol–water partition coefficient (Wildman–Crippen LogP) is 2.68. The summed E-state index contributed by atoms with van der Waals surface area (Å²) < 4.78 is 1.76. The summed E-state index contributed by atoms with van der Waals surface area (Å²) >= 11 is 0. The van der Waals surface area contributed by atoms with Gasteiger partial charge in [-0.1, -0.05) is 30.3 Å². The Morgan fingerprint density at radius 1 is 1.18 bits per heavy atom. The Hall–Kier alpha value is -2.66. The molecule has 5 nitrogen and oxygen atoms in total. The number of anilines is 1. The highest BCUT2D eigenvalue weighted by molar-refractivity contribution is 5.51. The van der Waals surface area contributed by atoms with Gasteiger partial charge in [-0.15, -0.1) is 0 Å². The van der Waals surface area contributed by atoms with E-state index in [1.165, 1.54) is 11.9 Å². The number of aromatic nitrogens is 3. The van der Waals surface area contributed by atoms with Crippen LogP contribution in [0.2, 0.25) is 0 Å². The maximum Gasteiger partial charge on any atom is 0.138 e. The van der Waals surface area contributed by atoms with Crippen molar-refractivity contribution in [1.29, 1.82) is 0 Å². The highest BCUT2D eigenvalue weighted by atomic mass is 16.3. The van der Waals surface area contributed by atoms with Gasteiger partial charge < -0.3 is 10.4 Å². The fourth-order valence-electron chi connectivity index (χ4n) is 2.45. The predicted molar refractivity (Wildman–Crippen MR) is 85.8 cm³/mol. The first kappa shape index (κ1) is 14.3.